The fraction of sp³-hybridized carbons (Fsp3) is 0.440. The van der Waals surface area contributed by atoms with Crippen LogP contribution >= 0.6 is 0 Å². The highest BCUT2D eigenvalue weighted by Crippen LogP contribution is 2.52. The summed E-state index contributed by atoms with van der Waals surface area (Å²) in [5.74, 6) is -1.43. The number of hydrogen-bond donors (Lipinski definition) is 0. The molecule has 2 aromatic rings. The number of rotatable bonds is 5. The van der Waals surface area contributed by atoms with Gasteiger partial charge in [0, 0.05) is 29.9 Å². The van der Waals surface area contributed by atoms with Crippen LogP contribution < -0.4 is 9.47 Å². The molecule has 7 nitrogen and oxygen atoms in total. The minimum Gasteiger partial charge on any atom is -0.489 e. The molecule has 36 heavy (non-hydrogen) atoms. The van der Waals surface area contributed by atoms with Crippen LogP contribution in [0, 0.1) is 0 Å². The minimum atomic E-state index is -5.92. The predicted octanol–water partition coefficient (Wildman–Crippen LogP) is 5.77. The fourth-order valence-corrected chi connectivity index (χ4v) is 4.88. The largest absolute Gasteiger partial charge is 0.534 e. The van der Waals surface area contributed by atoms with Gasteiger partial charge in [-0.05, 0) is 30.2 Å². The molecule has 0 aromatic heterocycles. The van der Waals surface area contributed by atoms with Crippen molar-refractivity contribution in [3.05, 3.63) is 71.2 Å². The van der Waals surface area contributed by atoms with E-state index in [4.69, 9.17) is 18.9 Å². The molecular weight excluding hydrogens is 501 g/mol. The van der Waals surface area contributed by atoms with E-state index in [-0.39, 0.29) is 17.7 Å². The van der Waals surface area contributed by atoms with Crippen LogP contribution in [0.1, 0.15) is 50.2 Å². The first-order valence-corrected chi connectivity index (χ1v) is 13.1. The SMILES string of the molecule is CC.O=S(=O)(OC1=C2CC3(CCC2c2cc(OCc4ccccc4)ccc2O1)OCCO3)C(F)(F)F. The highest BCUT2D eigenvalue weighted by Gasteiger charge is 2.52. The second-order valence-corrected chi connectivity index (χ2v) is 9.79. The van der Waals surface area contributed by atoms with Gasteiger partial charge in [-0.15, -0.1) is 0 Å². The first kappa shape index (κ1) is 26.3. The average molecular weight is 529 g/mol. The maximum atomic E-state index is 13.0. The number of hydrogen-bond acceptors (Lipinski definition) is 7. The molecule has 2 aliphatic heterocycles. The van der Waals surface area contributed by atoms with Gasteiger partial charge in [-0.3, -0.25) is 0 Å². The Labute approximate surface area is 207 Å². The molecule has 1 atom stereocenters. The van der Waals surface area contributed by atoms with Crippen molar-refractivity contribution in [2.24, 2.45) is 0 Å². The van der Waals surface area contributed by atoms with Gasteiger partial charge in [0.15, 0.2) is 5.79 Å². The second kappa shape index (κ2) is 10.3. The Morgan fingerprint density at radius 2 is 1.75 bits per heavy atom. The number of fused-ring (bicyclic) bond motifs is 3. The van der Waals surface area contributed by atoms with Crippen molar-refractivity contribution < 1.29 is 44.7 Å². The van der Waals surface area contributed by atoms with E-state index in [1.807, 2.05) is 44.2 Å². The molecule has 0 N–H and O–H groups in total. The maximum absolute atomic E-state index is 13.0. The van der Waals surface area contributed by atoms with Crippen LogP contribution in [-0.2, 0) is 30.4 Å². The molecule has 1 aliphatic carbocycles. The van der Waals surface area contributed by atoms with Crippen LogP contribution in [0.5, 0.6) is 11.5 Å². The summed E-state index contributed by atoms with van der Waals surface area (Å²) < 4.78 is 89.9. The van der Waals surface area contributed by atoms with E-state index in [2.05, 4.69) is 4.18 Å². The molecule has 0 bridgehead atoms. The Kier molecular flexibility index (Phi) is 7.53. The normalized spacial score (nSPS) is 20.5. The molecule has 2 heterocycles. The second-order valence-electron chi connectivity index (χ2n) is 8.25. The van der Waals surface area contributed by atoms with Gasteiger partial charge < -0.3 is 23.1 Å². The quantitative estimate of drug-likeness (QED) is 0.360. The lowest BCUT2D eigenvalue weighted by atomic mass is 9.76. The molecule has 1 saturated heterocycles. The summed E-state index contributed by atoms with van der Waals surface area (Å²) in [6.45, 7) is 5.00. The highest BCUT2D eigenvalue weighted by molar-refractivity contribution is 7.87. The van der Waals surface area contributed by atoms with Crippen LogP contribution in [0.25, 0.3) is 0 Å². The van der Waals surface area contributed by atoms with Crippen molar-refractivity contribution in [1.29, 1.82) is 0 Å². The Hall–Kier alpha value is -2.76. The van der Waals surface area contributed by atoms with E-state index in [1.54, 1.807) is 12.1 Å². The van der Waals surface area contributed by atoms with Gasteiger partial charge >= 0.3 is 21.6 Å². The minimum absolute atomic E-state index is 0.0227. The molecule has 0 radical (unpaired) electrons. The smallest absolute Gasteiger partial charge is 0.489 e. The molecule has 196 valence electrons. The zero-order chi connectivity index (χ0) is 26.0. The first-order chi connectivity index (χ1) is 17.2. The molecule has 1 spiro atoms. The Morgan fingerprint density at radius 3 is 2.42 bits per heavy atom. The lowest BCUT2D eigenvalue weighted by Gasteiger charge is -2.40. The number of halogens is 3. The maximum Gasteiger partial charge on any atom is 0.534 e. The molecule has 1 unspecified atom stereocenters. The summed E-state index contributed by atoms with van der Waals surface area (Å²) >= 11 is 0. The molecular formula is C25H27F3O7S. The summed E-state index contributed by atoms with van der Waals surface area (Å²) in [5.41, 5.74) is -3.71. The van der Waals surface area contributed by atoms with Crippen LogP contribution in [0.15, 0.2) is 60.0 Å². The van der Waals surface area contributed by atoms with Gasteiger partial charge in [0.05, 0.1) is 13.2 Å². The van der Waals surface area contributed by atoms with Crippen molar-refractivity contribution in [1.82, 2.24) is 0 Å². The third-order valence-corrected chi connectivity index (χ3v) is 6.98. The van der Waals surface area contributed by atoms with E-state index in [0.717, 1.165) is 5.56 Å². The Balaban J connectivity index is 0.00000148. The molecule has 3 aliphatic rings. The van der Waals surface area contributed by atoms with Gasteiger partial charge in [-0.2, -0.15) is 21.6 Å². The highest BCUT2D eigenvalue weighted by atomic mass is 32.2. The van der Waals surface area contributed by atoms with E-state index in [1.165, 1.54) is 6.07 Å². The molecule has 1 saturated carbocycles. The topological polar surface area (TPSA) is 80.3 Å². The zero-order valence-corrected chi connectivity index (χ0v) is 20.7. The van der Waals surface area contributed by atoms with Gasteiger partial charge in [0.25, 0.3) is 0 Å². The van der Waals surface area contributed by atoms with Crippen LogP contribution in [0.3, 0.4) is 0 Å². The Morgan fingerprint density at radius 1 is 1.06 bits per heavy atom. The lowest BCUT2D eigenvalue weighted by molar-refractivity contribution is -0.170. The van der Waals surface area contributed by atoms with Crippen LogP contribution in [0.2, 0.25) is 0 Å². The van der Waals surface area contributed by atoms with Crippen molar-refractivity contribution >= 4 is 10.1 Å². The van der Waals surface area contributed by atoms with E-state index in [9.17, 15) is 21.6 Å². The summed E-state index contributed by atoms with van der Waals surface area (Å²) in [7, 11) is -5.92. The number of alkyl halides is 3. The molecule has 5 rings (SSSR count). The standard InChI is InChI=1S/C23H21F3O7S.C2H6/c24-23(25,26)34(27,28)33-21-19-13-22(30-10-11-31-22)9-8-17(19)18-12-16(6-7-20(18)32-21)29-14-15-4-2-1-3-5-15;1-2/h1-7,12,17H,8-11,13-14H2;1-2H3. The van der Waals surface area contributed by atoms with Gasteiger partial charge in [-0.1, -0.05) is 44.2 Å². The van der Waals surface area contributed by atoms with E-state index in [0.29, 0.717) is 44.0 Å². The predicted molar refractivity (Wildman–Crippen MR) is 124 cm³/mol. The average Bonchev–Trinajstić information content (AvgIpc) is 3.31. The summed E-state index contributed by atoms with van der Waals surface area (Å²) in [4.78, 5) is 0. The van der Waals surface area contributed by atoms with Crippen molar-refractivity contribution in [2.75, 3.05) is 13.2 Å². The lowest BCUT2D eigenvalue weighted by Crippen LogP contribution is -2.38. The number of ether oxygens (including phenoxy) is 4. The Bertz CT molecular complexity index is 1200. The molecule has 2 fully saturated rings. The van der Waals surface area contributed by atoms with Crippen LogP contribution in [0.4, 0.5) is 13.2 Å². The third-order valence-electron chi connectivity index (χ3n) is 6.05. The first-order valence-electron chi connectivity index (χ1n) is 11.7. The molecule has 11 heteroatoms. The van der Waals surface area contributed by atoms with Gasteiger partial charge in [0.2, 0.25) is 0 Å². The third kappa shape index (κ3) is 5.33. The zero-order valence-electron chi connectivity index (χ0n) is 19.8. The van der Waals surface area contributed by atoms with Crippen molar-refractivity contribution in [3.8, 4) is 11.5 Å². The van der Waals surface area contributed by atoms with Crippen LogP contribution in [-0.4, -0.2) is 32.9 Å². The van der Waals surface area contributed by atoms with Crippen molar-refractivity contribution in [2.45, 2.75) is 56.9 Å². The van der Waals surface area contributed by atoms with Gasteiger partial charge in [-0.25, -0.2) is 0 Å². The molecule has 0 amide bonds. The van der Waals surface area contributed by atoms with Crippen molar-refractivity contribution in [3.63, 3.8) is 0 Å². The van der Waals surface area contributed by atoms with E-state index >= 15 is 0 Å². The summed E-state index contributed by atoms with van der Waals surface area (Å²) in [6, 6.07) is 14.5. The van der Waals surface area contributed by atoms with Gasteiger partial charge in [0.1, 0.15) is 18.1 Å². The molecule has 2 aromatic carbocycles. The van der Waals surface area contributed by atoms with E-state index < -0.39 is 33.3 Å². The summed E-state index contributed by atoms with van der Waals surface area (Å²) in [6.07, 6.45) is 0.941. The summed E-state index contributed by atoms with van der Waals surface area (Å²) in [5, 5.41) is 0. The number of benzene rings is 2. The monoisotopic (exact) mass is 528 g/mol. The fourth-order valence-electron chi connectivity index (χ4n) is 4.45.